The molecule has 1 rings (SSSR count). The highest BCUT2D eigenvalue weighted by Gasteiger charge is 2.36. The van der Waals surface area contributed by atoms with Gasteiger partial charge in [-0.15, -0.1) is 0 Å². The molecule has 0 fully saturated rings. The van der Waals surface area contributed by atoms with E-state index in [0.717, 1.165) is 6.07 Å². The molecule has 0 heterocycles. The summed E-state index contributed by atoms with van der Waals surface area (Å²) in [6.45, 7) is 0. The van der Waals surface area contributed by atoms with Crippen LogP contribution in [0.25, 0.3) is 0 Å². The van der Waals surface area contributed by atoms with E-state index in [1.807, 2.05) is 0 Å². The molecule has 0 atom stereocenters. The summed E-state index contributed by atoms with van der Waals surface area (Å²) in [5, 5.41) is 8.64. The van der Waals surface area contributed by atoms with Crippen molar-refractivity contribution in [2.45, 2.75) is 6.18 Å². The fraction of sp³-hybridized carbons (Fsp3) is 0.222. The van der Waals surface area contributed by atoms with Crippen LogP contribution in [0.2, 0.25) is 0 Å². The first-order chi connectivity index (χ1) is 7.27. The predicted molar refractivity (Wildman–Crippen MR) is 49.4 cm³/mol. The molecule has 4 nitrogen and oxygen atoms in total. The van der Waals surface area contributed by atoms with E-state index in [9.17, 15) is 18.0 Å². The number of carboxylic acids is 1. The fourth-order valence-electron chi connectivity index (χ4n) is 1.18. The van der Waals surface area contributed by atoms with Gasteiger partial charge in [0.2, 0.25) is 0 Å². The highest BCUT2D eigenvalue weighted by Crippen LogP contribution is 2.36. The maximum atomic E-state index is 12.5. The second-order valence-corrected chi connectivity index (χ2v) is 2.94. The van der Waals surface area contributed by atoms with Gasteiger partial charge in [0.25, 0.3) is 0 Å². The molecule has 7 heteroatoms. The lowest BCUT2D eigenvalue weighted by Gasteiger charge is -2.13. The number of hydrogen-bond acceptors (Lipinski definition) is 3. The van der Waals surface area contributed by atoms with E-state index < -0.39 is 23.3 Å². The number of hydrogen-bond donors (Lipinski definition) is 2. The number of carboxylic acid groups (broad SMARTS) is 1. The molecule has 0 radical (unpaired) electrons. The van der Waals surface area contributed by atoms with Crippen molar-refractivity contribution in [1.82, 2.24) is 0 Å². The molecule has 0 aliphatic heterocycles. The zero-order valence-electron chi connectivity index (χ0n) is 8.13. The van der Waals surface area contributed by atoms with Gasteiger partial charge in [-0.1, -0.05) is 0 Å². The maximum Gasteiger partial charge on any atom is 0.417 e. The van der Waals surface area contributed by atoms with E-state index in [1.165, 1.54) is 7.11 Å². The molecular formula is C9H8F3NO3. The summed E-state index contributed by atoms with van der Waals surface area (Å²) in [5.41, 5.74) is 2.83. The third-order valence-corrected chi connectivity index (χ3v) is 1.91. The van der Waals surface area contributed by atoms with Crippen LogP contribution in [0.15, 0.2) is 12.1 Å². The zero-order chi connectivity index (χ0) is 12.5. The fourth-order valence-corrected chi connectivity index (χ4v) is 1.18. The van der Waals surface area contributed by atoms with Crippen LogP contribution in [-0.2, 0) is 6.18 Å². The third kappa shape index (κ3) is 2.18. The zero-order valence-corrected chi connectivity index (χ0v) is 8.13. The summed E-state index contributed by atoms with van der Waals surface area (Å²) in [6, 6.07) is 1.29. The lowest BCUT2D eigenvalue weighted by Crippen LogP contribution is -2.14. The molecule has 0 bridgehead atoms. The minimum absolute atomic E-state index is 0.106. The lowest BCUT2D eigenvalue weighted by molar-refractivity contribution is -0.138. The Labute approximate surface area is 88.4 Å². The van der Waals surface area contributed by atoms with Gasteiger partial charge in [-0.25, -0.2) is 4.79 Å². The number of halogens is 3. The van der Waals surface area contributed by atoms with Gasteiger partial charge in [0.1, 0.15) is 5.75 Å². The SMILES string of the molecule is COc1cc(C(=O)O)c(C(F)(F)F)cc1N. The van der Waals surface area contributed by atoms with Crippen molar-refractivity contribution >= 4 is 11.7 Å². The second-order valence-electron chi connectivity index (χ2n) is 2.94. The highest BCUT2D eigenvalue weighted by molar-refractivity contribution is 5.91. The summed E-state index contributed by atoms with van der Waals surface area (Å²) in [4.78, 5) is 10.7. The van der Waals surface area contributed by atoms with Crippen LogP contribution in [0.5, 0.6) is 5.75 Å². The number of nitrogen functional groups attached to an aromatic ring is 1. The molecule has 0 unspecified atom stereocenters. The number of benzene rings is 1. The van der Waals surface area contributed by atoms with E-state index in [4.69, 9.17) is 10.8 Å². The van der Waals surface area contributed by atoms with Gasteiger partial charge in [0.05, 0.1) is 23.9 Å². The van der Waals surface area contributed by atoms with Crippen molar-refractivity contribution < 1.29 is 27.8 Å². The number of nitrogens with two attached hydrogens (primary N) is 1. The van der Waals surface area contributed by atoms with Gasteiger partial charge < -0.3 is 15.6 Å². The number of carbonyl (C=O) groups is 1. The van der Waals surface area contributed by atoms with E-state index >= 15 is 0 Å². The number of aromatic carboxylic acids is 1. The van der Waals surface area contributed by atoms with Crippen molar-refractivity contribution in [3.8, 4) is 5.75 Å². The largest absolute Gasteiger partial charge is 0.495 e. The summed E-state index contributed by atoms with van der Waals surface area (Å²) in [7, 11) is 1.19. The van der Waals surface area contributed by atoms with Crippen molar-refractivity contribution in [2.24, 2.45) is 0 Å². The van der Waals surface area contributed by atoms with Gasteiger partial charge in [0.15, 0.2) is 0 Å². The first kappa shape index (κ1) is 12.2. The average molecular weight is 235 g/mol. The monoisotopic (exact) mass is 235 g/mol. The lowest BCUT2D eigenvalue weighted by atomic mass is 10.1. The minimum atomic E-state index is -4.77. The molecule has 3 N–H and O–H groups in total. The van der Waals surface area contributed by atoms with E-state index in [1.54, 1.807) is 0 Å². The summed E-state index contributed by atoms with van der Waals surface area (Å²) in [5.74, 6) is -1.80. The summed E-state index contributed by atoms with van der Waals surface area (Å²) < 4.78 is 42.0. The van der Waals surface area contributed by atoms with Crippen LogP contribution in [0.3, 0.4) is 0 Å². The number of alkyl halides is 3. The molecule has 16 heavy (non-hydrogen) atoms. The third-order valence-electron chi connectivity index (χ3n) is 1.91. The van der Waals surface area contributed by atoms with Gasteiger partial charge in [-0.3, -0.25) is 0 Å². The van der Waals surface area contributed by atoms with Crippen LogP contribution in [0.1, 0.15) is 15.9 Å². The number of ether oxygens (including phenoxy) is 1. The van der Waals surface area contributed by atoms with E-state index in [0.29, 0.717) is 6.07 Å². The Morgan fingerprint density at radius 3 is 2.38 bits per heavy atom. The highest BCUT2D eigenvalue weighted by atomic mass is 19.4. The first-order valence-corrected chi connectivity index (χ1v) is 4.05. The first-order valence-electron chi connectivity index (χ1n) is 4.05. The van der Waals surface area contributed by atoms with Gasteiger partial charge in [0, 0.05) is 0 Å². The smallest absolute Gasteiger partial charge is 0.417 e. The normalized spacial score (nSPS) is 11.2. The Hall–Kier alpha value is -1.92. The van der Waals surface area contributed by atoms with Crippen molar-refractivity contribution in [3.05, 3.63) is 23.3 Å². The molecule has 88 valence electrons. The quantitative estimate of drug-likeness (QED) is 0.769. The predicted octanol–water partition coefficient (Wildman–Crippen LogP) is 1.99. The molecule has 1 aromatic carbocycles. The molecule has 0 spiro atoms. The number of rotatable bonds is 2. The topological polar surface area (TPSA) is 72.5 Å². The van der Waals surface area contributed by atoms with Gasteiger partial charge in [-0.2, -0.15) is 13.2 Å². The number of methoxy groups -OCH3 is 1. The van der Waals surface area contributed by atoms with Gasteiger partial charge in [-0.05, 0) is 12.1 Å². The molecule has 0 saturated carbocycles. The molecular weight excluding hydrogens is 227 g/mol. The standard InChI is InChI=1S/C9H8F3NO3/c1-16-7-2-4(8(14)15)5(3-6(7)13)9(10,11)12/h2-3H,13H2,1H3,(H,14,15). The van der Waals surface area contributed by atoms with Crippen LogP contribution >= 0.6 is 0 Å². The Morgan fingerprint density at radius 1 is 1.44 bits per heavy atom. The van der Waals surface area contributed by atoms with Crippen molar-refractivity contribution in [2.75, 3.05) is 12.8 Å². The van der Waals surface area contributed by atoms with E-state index in [-0.39, 0.29) is 11.4 Å². The van der Waals surface area contributed by atoms with Crippen LogP contribution in [0, 0.1) is 0 Å². The minimum Gasteiger partial charge on any atom is -0.495 e. The molecule has 1 aromatic rings. The molecule has 0 aliphatic carbocycles. The van der Waals surface area contributed by atoms with Crippen LogP contribution < -0.4 is 10.5 Å². The van der Waals surface area contributed by atoms with Crippen molar-refractivity contribution in [1.29, 1.82) is 0 Å². The Bertz CT molecular complexity index is 429. The average Bonchev–Trinajstić information content (AvgIpc) is 2.15. The molecule has 0 saturated heterocycles. The molecule has 0 aliphatic rings. The Morgan fingerprint density at radius 2 is 2.00 bits per heavy atom. The summed E-state index contributed by atoms with van der Waals surface area (Å²) >= 11 is 0. The van der Waals surface area contributed by atoms with E-state index in [2.05, 4.69) is 4.74 Å². The Balaban J connectivity index is 3.49. The maximum absolute atomic E-state index is 12.5. The van der Waals surface area contributed by atoms with Crippen molar-refractivity contribution in [3.63, 3.8) is 0 Å². The molecule has 0 aromatic heterocycles. The second kappa shape index (κ2) is 3.92. The molecule has 0 amide bonds. The van der Waals surface area contributed by atoms with Crippen LogP contribution in [-0.4, -0.2) is 18.2 Å². The Kier molecular flexibility index (Phi) is 2.97. The number of anilines is 1. The van der Waals surface area contributed by atoms with Gasteiger partial charge >= 0.3 is 12.1 Å². The van der Waals surface area contributed by atoms with Crippen LogP contribution in [0.4, 0.5) is 18.9 Å². The summed E-state index contributed by atoms with van der Waals surface area (Å²) in [6.07, 6.45) is -4.77.